The second-order valence-corrected chi connectivity index (χ2v) is 5.84. The minimum absolute atomic E-state index is 0.0782. The molecule has 5 nitrogen and oxygen atoms in total. The molecule has 1 unspecified atom stereocenters. The van der Waals surface area contributed by atoms with Gasteiger partial charge in [-0.05, 0) is 43.7 Å². The summed E-state index contributed by atoms with van der Waals surface area (Å²) < 4.78 is 39.1. The van der Waals surface area contributed by atoms with Gasteiger partial charge in [0.1, 0.15) is 5.82 Å². The highest BCUT2D eigenvalue weighted by molar-refractivity contribution is 6.30. The summed E-state index contributed by atoms with van der Waals surface area (Å²) in [6.45, 7) is 3.96. The Hall–Kier alpha value is -2.35. The van der Waals surface area contributed by atoms with E-state index in [2.05, 4.69) is 20.8 Å². The van der Waals surface area contributed by atoms with Crippen LogP contribution in [0.15, 0.2) is 30.3 Å². The lowest BCUT2D eigenvalue weighted by Gasteiger charge is -2.14. The number of benzene rings is 1. The molecule has 0 bridgehead atoms. The van der Waals surface area contributed by atoms with Crippen LogP contribution >= 0.6 is 11.6 Å². The molecule has 0 aliphatic heterocycles. The summed E-state index contributed by atoms with van der Waals surface area (Å²) in [7, 11) is 0. The highest BCUT2D eigenvalue weighted by Gasteiger charge is 2.34. The summed E-state index contributed by atoms with van der Waals surface area (Å²) in [5.41, 5.74) is -1.53. The van der Waals surface area contributed by atoms with Crippen molar-refractivity contribution in [2.75, 3.05) is 10.6 Å². The summed E-state index contributed by atoms with van der Waals surface area (Å²) in [5.74, 6) is -0.316. The molecule has 134 valence electrons. The molecule has 0 aliphatic carbocycles. The normalized spacial score (nSPS) is 12.6. The van der Waals surface area contributed by atoms with Crippen LogP contribution in [0.2, 0.25) is 5.02 Å². The number of carbonyl (C=O) groups is 1. The van der Waals surface area contributed by atoms with Crippen molar-refractivity contribution in [2.24, 2.45) is 0 Å². The predicted octanol–water partition coefficient (Wildman–Crippen LogP) is 4.61. The zero-order valence-electron chi connectivity index (χ0n) is 13.5. The van der Waals surface area contributed by atoms with Crippen molar-refractivity contribution in [3.05, 3.63) is 46.6 Å². The number of aromatic nitrogens is 2. The molecule has 1 amide bonds. The number of hydrogen-bond donors (Lipinski definition) is 2. The van der Waals surface area contributed by atoms with Gasteiger partial charge in [-0.2, -0.15) is 13.2 Å². The lowest BCUT2D eigenvalue weighted by Crippen LogP contribution is -2.19. The Kier molecular flexibility index (Phi) is 5.84. The molecule has 0 radical (unpaired) electrons. The summed E-state index contributed by atoms with van der Waals surface area (Å²) >= 11 is 5.61. The Morgan fingerprint density at radius 3 is 2.52 bits per heavy atom. The second-order valence-electron chi connectivity index (χ2n) is 5.40. The summed E-state index contributed by atoms with van der Waals surface area (Å²) in [6, 6.07) is 6.21. The monoisotopic (exact) mass is 372 g/mol. The first-order chi connectivity index (χ1) is 11.7. The second kappa shape index (κ2) is 7.69. The van der Waals surface area contributed by atoms with Gasteiger partial charge in [0, 0.05) is 11.1 Å². The third-order valence-corrected chi connectivity index (χ3v) is 3.67. The minimum Gasteiger partial charge on any atom is -0.366 e. The number of nitrogens with zero attached hydrogens (tertiary/aromatic N) is 2. The lowest BCUT2D eigenvalue weighted by molar-refractivity contribution is -0.136. The van der Waals surface area contributed by atoms with Crippen molar-refractivity contribution in [3.63, 3.8) is 0 Å². The molecule has 1 heterocycles. The molecule has 2 rings (SSSR count). The maximum absolute atomic E-state index is 13.0. The molecule has 0 spiro atoms. The van der Waals surface area contributed by atoms with E-state index < -0.39 is 23.3 Å². The van der Waals surface area contributed by atoms with Gasteiger partial charge in [0.05, 0.1) is 11.3 Å². The maximum Gasteiger partial charge on any atom is 0.418 e. The number of nitrogens with one attached hydrogen (secondary N) is 2. The van der Waals surface area contributed by atoms with Crippen LogP contribution in [0.5, 0.6) is 0 Å². The smallest absolute Gasteiger partial charge is 0.366 e. The van der Waals surface area contributed by atoms with Crippen molar-refractivity contribution in [2.45, 2.75) is 32.5 Å². The van der Waals surface area contributed by atoms with Crippen molar-refractivity contribution in [3.8, 4) is 0 Å². The van der Waals surface area contributed by atoms with Gasteiger partial charge in [-0.25, -0.2) is 0 Å². The minimum atomic E-state index is -4.65. The van der Waals surface area contributed by atoms with Crippen LogP contribution in [-0.4, -0.2) is 22.1 Å². The van der Waals surface area contributed by atoms with Gasteiger partial charge in [-0.3, -0.25) is 4.79 Å². The average molecular weight is 373 g/mol. The maximum atomic E-state index is 13.0. The molecule has 0 aliphatic rings. The molecule has 0 fully saturated rings. The van der Waals surface area contributed by atoms with Gasteiger partial charge < -0.3 is 10.6 Å². The molecule has 9 heteroatoms. The fourth-order valence-electron chi connectivity index (χ4n) is 1.93. The topological polar surface area (TPSA) is 66.9 Å². The molecule has 25 heavy (non-hydrogen) atoms. The van der Waals surface area contributed by atoms with Crippen molar-refractivity contribution >= 4 is 29.0 Å². The summed E-state index contributed by atoms with van der Waals surface area (Å²) in [4.78, 5) is 12.1. The number of carbonyl (C=O) groups excluding carboxylic acids is 1. The average Bonchev–Trinajstić information content (AvgIpc) is 2.56. The van der Waals surface area contributed by atoms with E-state index in [-0.39, 0.29) is 16.8 Å². The van der Waals surface area contributed by atoms with E-state index >= 15 is 0 Å². The zero-order chi connectivity index (χ0) is 18.6. The van der Waals surface area contributed by atoms with Crippen molar-refractivity contribution in [1.82, 2.24) is 10.2 Å². The Morgan fingerprint density at radius 2 is 1.96 bits per heavy atom. The first-order valence-electron chi connectivity index (χ1n) is 7.49. The predicted molar refractivity (Wildman–Crippen MR) is 89.8 cm³/mol. The quantitative estimate of drug-likeness (QED) is 0.804. The van der Waals surface area contributed by atoms with E-state index in [1.165, 1.54) is 12.1 Å². The first kappa shape index (κ1) is 19.0. The standard InChI is InChI=1S/C16H16ClF3N4O/c1-3-9(2)21-14-7-6-13(23-24-14)15(25)22-12-5-4-10(17)8-11(12)16(18,19)20/h4-9H,3H2,1-2H3,(H,21,24)(H,22,25). The highest BCUT2D eigenvalue weighted by Crippen LogP contribution is 2.36. The van der Waals surface area contributed by atoms with Gasteiger partial charge in [0.2, 0.25) is 0 Å². The van der Waals surface area contributed by atoms with Crippen molar-refractivity contribution < 1.29 is 18.0 Å². The molecule has 0 saturated carbocycles. The number of anilines is 2. The van der Waals surface area contributed by atoms with Crippen LogP contribution in [0.25, 0.3) is 0 Å². The van der Waals surface area contributed by atoms with E-state index in [0.717, 1.165) is 18.6 Å². The van der Waals surface area contributed by atoms with Gasteiger partial charge in [-0.15, -0.1) is 10.2 Å². The van der Waals surface area contributed by atoms with Gasteiger partial charge in [-0.1, -0.05) is 18.5 Å². The van der Waals surface area contributed by atoms with Crippen LogP contribution in [-0.2, 0) is 6.18 Å². The Morgan fingerprint density at radius 1 is 1.24 bits per heavy atom. The number of rotatable bonds is 5. The van der Waals surface area contributed by atoms with Crippen LogP contribution in [0.3, 0.4) is 0 Å². The van der Waals surface area contributed by atoms with E-state index in [0.29, 0.717) is 5.82 Å². The molecule has 1 aromatic heterocycles. The van der Waals surface area contributed by atoms with Crippen LogP contribution in [0.4, 0.5) is 24.7 Å². The lowest BCUT2D eigenvalue weighted by atomic mass is 10.1. The molecule has 1 atom stereocenters. The molecule has 2 aromatic rings. The number of alkyl halides is 3. The summed E-state index contributed by atoms with van der Waals surface area (Å²) in [6.07, 6.45) is -3.77. The van der Waals surface area contributed by atoms with Crippen molar-refractivity contribution in [1.29, 1.82) is 0 Å². The van der Waals surface area contributed by atoms with Crippen LogP contribution in [0.1, 0.15) is 36.3 Å². The third kappa shape index (κ3) is 5.06. The van der Waals surface area contributed by atoms with E-state index in [4.69, 9.17) is 11.6 Å². The molecular formula is C16H16ClF3N4O. The van der Waals surface area contributed by atoms with Gasteiger partial charge >= 0.3 is 6.18 Å². The zero-order valence-corrected chi connectivity index (χ0v) is 14.2. The summed E-state index contributed by atoms with van der Waals surface area (Å²) in [5, 5.41) is 12.8. The fraction of sp³-hybridized carbons (Fsp3) is 0.312. The highest BCUT2D eigenvalue weighted by atomic mass is 35.5. The number of amides is 1. The molecule has 2 N–H and O–H groups in total. The van der Waals surface area contributed by atoms with Gasteiger partial charge in [0.15, 0.2) is 5.69 Å². The third-order valence-electron chi connectivity index (χ3n) is 3.44. The largest absolute Gasteiger partial charge is 0.418 e. The number of halogens is 4. The SMILES string of the molecule is CCC(C)Nc1ccc(C(=O)Nc2ccc(Cl)cc2C(F)(F)F)nn1. The van der Waals surface area contributed by atoms with Crippen LogP contribution in [0, 0.1) is 0 Å². The van der Waals surface area contributed by atoms with Crippen LogP contribution < -0.4 is 10.6 Å². The Bertz CT molecular complexity index is 750. The van der Waals surface area contributed by atoms with E-state index in [1.54, 1.807) is 6.07 Å². The molecule has 0 saturated heterocycles. The van der Waals surface area contributed by atoms with Gasteiger partial charge in [0.25, 0.3) is 5.91 Å². The Labute approximate surface area is 147 Å². The van der Waals surface area contributed by atoms with E-state index in [9.17, 15) is 18.0 Å². The fourth-order valence-corrected chi connectivity index (χ4v) is 2.10. The van der Waals surface area contributed by atoms with E-state index in [1.807, 2.05) is 13.8 Å². The first-order valence-corrected chi connectivity index (χ1v) is 7.87. The molecule has 1 aromatic carbocycles. The Balaban J connectivity index is 2.17. The number of hydrogen-bond acceptors (Lipinski definition) is 4. The molecular weight excluding hydrogens is 357 g/mol.